The molecule has 1 atom stereocenters. The number of amides is 2. The summed E-state index contributed by atoms with van der Waals surface area (Å²) in [5.74, 6) is 0.975. The van der Waals surface area contributed by atoms with Crippen LogP contribution in [0.3, 0.4) is 0 Å². The minimum absolute atomic E-state index is 0.217. The van der Waals surface area contributed by atoms with Gasteiger partial charge in [0.05, 0.1) is 12.6 Å². The summed E-state index contributed by atoms with van der Waals surface area (Å²) in [5.41, 5.74) is 0. The Hall–Kier alpha value is -1.63. The van der Waals surface area contributed by atoms with Crippen LogP contribution >= 0.6 is 0 Å². The standard InChI is InChI=1S/C13H22N4O3/c1-10-16-12(20-17-10)9-15-13(18)14-7-4-6-11-5-2-3-8-19-11/h11H,2-9H2,1H3,(H2,14,15,18). The van der Waals surface area contributed by atoms with Crippen LogP contribution in [0, 0.1) is 6.92 Å². The van der Waals surface area contributed by atoms with Crippen LogP contribution in [0.25, 0.3) is 0 Å². The van der Waals surface area contributed by atoms with Crippen LogP contribution in [0.1, 0.15) is 43.8 Å². The highest BCUT2D eigenvalue weighted by Gasteiger charge is 2.13. The van der Waals surface area contributed by atoms with E-state index in [4.69, 9.17) is 9.26 Å². The third-order valence-corrected chi connectivity index (χ3v) is 3.23. The quantitative estimate of drug-likeness (QED) is 0.772. The second-order valence-corrected chi connectivity index (χ2v) is 4.98. The maximum absolute atomic E-state index is 11.5. The van der Waals surface area contributed by atoms with Crippen LogP contribution in [-0.2, 0) is 11.3 Å². The molecule has 1 aromatic heterocycles. The van der Waals surface area contributed by atoms with Gasteiger partial charge in [0.15, 0.2) is 5.82 Å². The second-order valence-electron chi connectivity index (χ2n) is 4.98. The highest BCUT2D eigenvalue weighted by molar-refractivity contribution is 5.73. The summed E-state index contributed by atoms with van der Waals surface area (Å²) < 4.78 is 10.5. The highest BCUT2D eigenvalue weighted by atomic mass is 16.5. The van der Waals surface area contributed by atoms with E-state index in [0.717, 1.165) is 25.9 Å². The third kappa shape index (κ3) is 5.16. The SMILES string of the molecule is Cc1noc(CNC(=O)NCCCC2CCCCO2)n1. The maximum Gasteiger partial charge on any atom is 0.315 e. The molecule has 0 aliphatic carbocycles. The molecule has 1 unspecified atom stereocenters. The molecule has 112 valence electrons. The van der Waals surface area contributed by atoms with Crippen molar-refractivity contribution < 1.29 is 14.1 Å². The van der Waals surface area contributed by atoms with Crippen molar-refractivity contribution in [1.82, 2.24) is 20.8 Å². The normalized spacial score (nSPS) is 18.8. The molecule has 0 aromatic carbocycles. The van der Waals surface area contributed by atoms with Crippen molar-refractivity contribution in [3.63, 3.8) is 0 Å². The molecule has 1 aliphatic rings. The zero-order chi connectivity index (χ0) is 14.2. The second kappa shape index (κ2) is 7.84. The minimum atomic E-state index is -0.217. The molecule has 2 N–H and O–H groups in total. The Morgan fingerprint density at radius 1 is 1.40 bits per heavy atom. The number of aryl methyl sites for hydroxylation is 1. The van der Waals surface area contributed by atoms with E-state index < -0.39 is 0 Å². The fourth-order valence-electron chi connectivity index (χ4n) is 2.20. The molecule has 20 heavy (non-hydrogen) atoms. The number of rotatable bonds is 6. The first-order chi connectivity index (χ1) is 9.74. The molecule has 2 rings (SSSR count). The molecule has 2 heterocycles. The molecule has 7 nitrogen and oxygen atoms in total. The summed E-state index contributed by atoms with van der Waals surface area (Å²) in [6.45, 7) is 3.51. The van der Waals surface area contributed by atoms with E-state index in [1.807, 2.05) is 0 Å². The molecule has 1 aromatic rings. The van der Waals surface area contributed by atoms with E-state index in [0.29, 0.717) is 24.4 Å². The number of urea groups is 1. The first-order valence-electron chi connectivity index (χ1n) is 7.16. The van der Waals surface area contributed by atoms with Gasteiger partial charge in [0.1, 0.15) is 0 Å². The Bertz CT molecular complexity index is 416. The zero-order valence-electron chi connectivity index (χ0n) is 11.9. The average Bonchev–Trinajstić information content (AvgIpc) is 2.88. The van der Waals surface area contributed by atoms with E-state index in [1.165, 1.54) is 12.8 Å². The van der Waals surface area contributed by atoms with Gasteiger partial charge in [-0.25, -0.2) is 4.79 Å². The van der Waals surface area contributed by atoms with Crippen molar-refractivity contribution in [2.24, 2.45) is 0 Å². The van der Waals surface area contributed by atoms with Gasteiger partial charge < -0.3 is 19.9 Å². The van der Waals surface area contributed by atoms with Crippen molar-refractivity contribution in [3.05, 3.63) is 11.7 Å². The summed E-state index contributed by atoms with van der Waals surface area (Å²) in [7, 11) is 0. The Labute approximate surface area is 118 Å². The lowest BCUT2D eigenvalue weighted by Gasteiger charge is -2.22. The van der Waals surface area contributed by atoms with Crippen LogP contribution in [0.4, 0.5) is 4.79 Å². The lowest BCUT2D eigenvalue weighted by molar-refractivity contribution is 0.0103. The van der Waals surface area contributed by atoms with Gasteiger partial charge in [-0.15, -0.1) is 0 Å². The van der Waals surface area contributed by atoms with Crippen LogP contribution in [-0.4, -0.2) is 35.4 Å². The molecule has 1 aliphatic heterocycles. The van der Waals surface area contributed by atoms with E-state index in [-0.39, 0.29) is 12.6 Å². The maximum atomic E-state index is 11.5. The largest absolute Gasteiger partial charge is 0.378 e. The number of aromatic nitrogens is 2. The average molecular weight is 282 g/mol. The molecule has 0 spiro atoms. The number of hydrogen-bond donors (Lipinski definition) is 2. The molecule has 1 fully saturated rings. The number of hydrogen-bond acceptors (Lipinski definition) is 5. The fraction of sp³-hybridized carbons (Fsp3) is 0.769. The summed E-state index contributed by atoms with van der Waals surface area (Å²) >= 11 is 0. The van der Waals surface area contributed by atoms with Crippen LogP contribution in [0.15, 0.2) is 4.52 Å². The molecule has 7 heteroatoms. The van der Waals surface area contributed by atoms with Gasteiger partial charge in [0.2, 0.25) is 5.89 Å². The first-order valence-corrected chi connectivity index (χ1v) is 7.16. The van der Waals surface area contributed by atoms with Crippen molar-refractivity contribution in [1.29, 1.82) is 0 Å². The van der Waals surface area contributed by atoms with Crippen molar-refractivity contribution in [3.8, 4) is 0 Å². The number of ether oxygens (including phenoxy) is 1. The van der Waals surface area contributed by atoms with Gasteiger partial charge in [-0.3, -0.25) is 0 Å². The third-order valence-electron chi connectivity index (χ3n) is 3.23. The number of carbonyl (C=O) groups is 1. The van der Waals surface area contributed by atoms with Crippen LogP contribution < -0.4 is 10.6 Å². The Kier molecular flexibility index (Phi) is 5.79. The highest BCUT2D eigenvalue weighted by Crippen LogP contribution is 2.16. The van der Waals surface area contributed by atoms with Gasteiger partial charge in [-0.2, -0.15) is 4.98 Å². The topological polar surface area (TPSA) is 89.3 Å². The molecular weight excluding hydrogens is 260 g/mol. The Morgan fingerprint density at radius 2 is 2.30 bits per heavy atom. The summed E-state index contributed by atoms with van der Waals surface area (Å²) in [6.07, 6.45) is 5.87. The predicted octanol–water partition coefficient (Wildman–Crippen LogP) is 1.53. The van der Waals surface area contributed by atoms with Crippen molar-refractivity contribution >= 4 is 6.03 Å². The van der Waals surface area contributed by atoms with Gasteiger partial charge >= 0.3 is 6.03 Å². The first kappa shape index (κ1) is 14.8. The van der Waals surface area contributed by atoms with Crippen molar-refractivity contribution in [2.75, 3.05) is 13.2 Å². The lowest BCUT2D eigenvalue weighted by atomic mass is 10.0. The molecule has 2 amide bonds. The van der Waals surface area contributed by atoms with Crippen LogP contribution in [0.2, 0.25) is 0 Å². The van der Waals surface area contributed by atoms with Gasteiger partial charge in [-0.05, 0) is 39.0 Å². The summed E-state index contributed by atoms with van der Waals surface area (Å²) in [5, 5.41) is 9.13. The molecule has 0 saturated carbocycles. The van der Waals surface area contributed by atoms with E-state index in [2.05, 4.69) is 20.8 Å². The number of nitrogens with zero attached hydrogens (tertiary/aromatic N) is 2. The number of nitrogens with one attached hydrogen (secondary N) is 2. The monoisotopic (exact) mass is 282 g/mol. The minimum Gasteiger partial charge on any atom is -0.378 e. The van der Waals surface area contributed by atoms with Gasteiger partial charge in [0.25, 0.3) is 0 Å². The molecular formula is C13H22N4O3. The lowest BCUT2D eigenvalue weighted by Crippen LogP contribution is -2.36. The molecule has 0 bridgehead atoms. The fourth-order valence-corrected chi connectivity index (χ4v) is 2.20. The Morgan fingerprint density at radius 3 is 3.00 bits per heavy atom. The smallest absolute Gasteiger partial charge is 0.315 e. The predicted molar refractivity (Wildman–Crippen MR) is 72.1 cm³/mol. The van der Waals surface area contributed by atoms with Crippen molar-refractivity contribution in [2.45, 2.75) is 51.7 Å². The summed E-state index contributed by atoms with van der Waals surface area (Å²) in [4.78, 5) is 15.5. The zero-order valence-corrected chi connectivity index (χ0v) is 11.9. The number of carbonyl (C=O) groups excluding carboxylic acids is 1. The van der Waals surface area contributed by atoms with Gasteiger partial charge in [-0.1, -0.05) is 5.16 Å². The van der Waals surface area contributed by atoms with Crippen LogP contribution in [0.5, 0.6) is 0 Å². The van der Waals surface area contributed by atoms with E-state index in [1.54, 1.807) is 6.92 Å². The van der Waals surface area contributed by atoms with E-state index >= 15 is 0 Å². The Balaban J connectivity index is 1.51. The molecule has 0 radical (unpaired) electrons. The summed E-state index contributed by atoms with van der Waals surface area (Å²) in [6, 6.07) is -0.217. The van der Waals surface area contributed by atoms with E-state index in [9.17, 15) is 4.79 Å². The molecule has 1 saturated heterocycles. The van der Waals surface area contributed by atoms with Gasteiger partial charge in [0, 0.05) is 13.2 Å².